The number of hydrogen-bond acceptors (Lipinski definition) is 10. The number of nitrogens with zero attached hydrogens (tertiary/aromatic N) is 5. The van der Waals surface area contributed by atoms with Crippen molar-refractivity contribution < 1.29 is 33.4 Å². The summed E-state index contributed by atoms with van der Waals surface area (Å²) in [5, 5.41) is 14.1. The van der Waals surface area contributed by atoms with Crippen LogP contribution in [0, 0.1) is 17.4 Å². The van der Waals surface area contributed by atoms with Crippen molar-refractivity contribution in [2.24, 2.45) is 10.8 Å². The number of nitrogens with one attached hydrogen (secondary N) is 2. The van der Waals surface area contributed by atoms with E-state index in [0.29, 0.717) is 52.6 Å². The van der Waals surface area contributed by atoms with Gasteiger partial charge < -0.3 is 14.8 Å². The standard InChI is InChI=1S/C41H42ClN7O7/c1-40(2)38(41(3,4)39(40)56-25-10-11-29(43-5)28(42)18-25)45-34(51)30-12-15-33(47-46-30)55-24-8-6-23(7-9-24)48-19-21-16-26-27(17-22(21)20-48)37(54)49(36(26)53)31-13-14-32(50)44-35(31)52/h10-12,15-18,23-24,31,38-39H,6-9,13-14,19-20H2,1-4H3,(H,45,51)(H,44,50,52). The van der Waals surface area contributed by atoms with Crippen LogP contribution in [0.4, 0.5) is 5.69 Å². The number of carbonyl (C=O) groups excluding carboxylic acids is 5. The molecule has 0 spiro atoms. The second-order valence-corrected chi connectivity index (χ2v) is 17.0. The van der Waals surface area contributed by atoms with Crippen LogP contribution in [0.5, 0.6) is 11.6 Å². The second kappa shape index (κ2) is 14.0. The van der Waals surface area contributed by atoms with Crippen LogP contribution in [0.2, 0.25) is 5.02 Å². The van der Waals surface area contributed by atoms with Crippen molar-refractivity contribution >= 4 is 46.8 Å². The van der Waals surface area contributed by atoms with E-state index in [-0.39, 0.29) is 42.7 Å². The first-order valence-corrected chi connectivity index (χ1v) is 19.3. The normalized spacial score (nSPS) is 26.4. The largest absolute Gasteiger partial charge is 0.489 e. The van der Waals surface area contributed by atoms with Gasteiger partial charge in [0.25, 0.3) is 17.7 Å². The molecule has 2 saturated carbocycles. The quantitative estimate of drug-likeness (QED) is 0.224. The lowest BCUT2D eigenvalue weighted by Crippen LogP contribution is -2.74. The summed E-state index contributed by atoms with van der Waals surface area (Å²) in [6.07, 6.45) is 3.32. The predicted molar refractivity (Wildman–Crippen MR) is 202 cm³/mol. The molecule has 5 amide bonds. The van der Waals surface area contributed by atoms with Crippen LogP contribution in [0.15, 0.2) is 42.5 Å². The minimum absolute atomic E-state index is 0.0523. The highest BCUT2D eigenvalue weighted by molar-refractivity contribution is 6.33. The van der Waals surface area contributed by atoms with Crippen molar-refractivity contribution in [3.63, 3.8) is 0 Å². The molecule has 0 bridgehead atoms. The van der Waals surface area contributed by atoms with Crippen LogP contribution in [-0.4, -0.2) is 79.9 Å². The lowest BCUT2D eigenvalue weighted by molar-refractivity contribution is -0.164. The van der Waals surface area contributed by atoms with Gasteiger partial charge in [-0.05, 0) is 73.6 Å². The van der Waals surface area contributed by atoms with E-state index >= 15 is 0 Å². The van der Waals surface area contributed by atoms with Crippen LogP contribution in [0.3, 0.4) is 0 Å². The number of aromatic nitrogens is 2. The number of amides is 5. The van der Waals surface area contributed by atoms with E-state index in [0.717, 1.165) is 41.7 Å². The topological polar surface area (TPSA) is 164 Å². The molecule has 0 radical (unpaired) electrons. The Labute approximate surface area is 329 Å². The zero-order chi connectivity index (χ0) is 39.7. The van der Waals surface area contributed by atoms with E-state index in [2.05, 4.69) is 30.6 Å². The Kier molecular flexibility index (Phi) is 9.36. The fourth-order valence-electron chi connectivity index (χ4n) is 9.65. The average molecular weight is 780 g/mol. The molecule has 3 fully saturated rings. The Morgan fingerprint density at radius 3 is 2.12 bits per heavy atom. The zero-order valence-electron chi connectivity index (χ0n) is 31.6. The smallest absolute Gasteiger partial charge is 0.272 e. The fourth-order valence-corrected chi connectivity index (χ4v) is 9.86. The van der Waals surface area contributed by atoms with Gasteiger partial charge in [0, 0.05) is 48.5 Å². The fraction of sp³-hybridized carbons (Fsp3) is 0.463. The number of ether oxygens (including phenoxy) is 2. The molecule has 5 aliphatic rings. The van der Waals surface area contributed by atoms with Crippen molar-refractivity contribution in [1.82, 2.24) is 30.6 Å². The number of fused-ring (bicyclic) bond motifs is 2. The minimum atomic E-state index is -0.982. The van der Waals surface area contributed by atoms with E-state index in [1.807, 2.05) is 27.7 Å². The number of rotatable bonds is 8. The van der Waals surface area contributed by atoms with Gasteiger partial charge >= 0.3 is 0 Å². The summed E-state index contributed by atoms with van der Waals surface area (Å²) in [5.41, 5.74) is 2.33. The Hall–Kier alpha value is -5.39. The molecule has 1 aromatic heterocycles. The molecule has 8 rings (SSSR count). The Morgan fingerprint density at radius 1 is 0.893 bits per heavy atom. The molecule has 3 aliphatic heterocycles. The number of imide groups is 2. The summed E-state index contributed by atoms with van der Waals surface area (Å²) in [4.78, 5) is 70.8. The van der Waals surface area contributed by atoms with Gasteiger partial charge in [0.2, 0.25) is 23.4 Å². The molecule has 1 unspecified atom stereocenters. The summed E-state index contributed by atoms with van der Waals surface area (Å²) in [6, 6.07) is 11.0. The summed E-state index contributed by atoms with van der Waals surface area (Å²) in [6.45, 7) is 16.7. The highest BCUT2D eigenvalue weighted by Gasteiger charge is 2.64. The highest BCUT2D eigenvalue weighted by atomic mass is 35.5. The van der Waals surface area contributed by atoms with Crippen LogP contribution >= 0.6 is 11.6 Å². The third-order valence-corrected chi connectivity index (χ3v) is 12.5. The molecule has 290 valence electrons. The van der Waals surface area contributed by atoms with Crippen molar-refractivity contribution in [2.45, 2.75) is 110 Å². The van der Waals surface area contributed by atoms with Gasteiger partial charge in [0.15, 0.2) is 5.69 Å². The van der Waals surface area contributed by atoms with Crippen molar-refractivity contribution in [1.29, 1.82) is 0 Å². The molecular weight excluding hydrogens is 738 g/mol. The lowest BCUT2D eigenvalue weighted by Gasteiger charge is -2.63. The number of hydrogen-bond donors (Lipinski definition) is 2. The molecular formula is C41H42ClN7O7. The van der Waals surface area contributed by atoms with E-state index in [9.17, 15) is 24.0 Å². The van der Waals surface area contributed by atoms with Gasteiger partial charge in [0.1, 0.15) is 24.0 Å². The summed E-state index contributed by atoms with van der Waals surface area (Å²) >= 11 is 6.23. The van der Waals surface area contributed by atoms with E-state index in [1.54, 1.807) is 42.5 Å². The van der Waals surface area contributed by atoms with Gasteiger partial charge in [-0.1, -0.05) is 45.4 Å². The van der Waals surface area contributed by atoms with Gasteiger partial charge in [0.05, 0.1) is 22.7 Å². The molecule has 14 nitrogen and oxygen atoms in total. The van der Waals surface area contributed by atoms with E-state index < -0.39 is 40.5 Å². The van der Waals surface area contributed by atoms with Crippen LogP contribution < -0.4 is 20.1 Å². The number of benzene rings is 2. The maximum absolute atomic E-state index is 13.3. The van der Waals surface area contributed by atoms with Gasteiger partial charge in [-0.2, -0.15) is 0 Å². The molecule has 15 heteroatoms. The molecule has 2 aliphatic carbocycles. The molecule has 3 aromatic rings. The predicted octanol–water partition coefficient (Wildman–Crippen LogP) is 5.40. The molecule has 1 saturated heterocycles. The summed E-state index contributed by atoms with van der Waals surface area (Å²) in [5.74, 6) is -1.41. The maximum Gasteiger partial charge on any atom is 0.272 e. The SMILES string of the molecule is [C-]#[N+]c1ccc(OC2C(C)(C)C(NC(=O)c3ccc(OC4CCC(N5Cc6cc7c(cc6C5)C(=O)N(C5CCC(=O)NC5=O)C7=O)CC4)nn3)C2(C)C)cc1Cl. The van der Waals surface area contributed by atoms with Crippen molar-refractivity contribution in [2.75, 3.05) is 0 Å². The number of carbonyl (C=O) groups is 5. The van der Waals surface area contributed by atoms with E-state index in [4.69, 9.17) is 27.6 Å². The highest BCUT2D eigenvalue weighted by Crippen LogP contribution is 2.55. The molecule has 2 aromatic carbocycles. The average Bonchev–Trinajstić information content (AvgIpc) is 3.69. The van der Waals surface area contributed by atoms with E-state index in [1.165, 1.54) is 0 Å². The van der Waals surface area contributed by atoms with Crippen LogP contribution in [0.25, 0.3) is 4.85 Å². The maximum atomic E-state index is 13.3. The van der Waals surface area contributed by atoms with Gasteiger partial charge in [-0.3, -0.25) is 39.1 Å². The Bertz CT molecular complexity index is 2150. The Morgan fingerprint density at radius 2 is 1.55 bits per heavy atom. The molecule has 1 atom stereocenters. The molecule has 4 heterocycles. The monoisotopic (exact) mass is 779 g/mol. The number of halogens is 1. The van der Waals surface area contributed by atoms with Crippen LogP contribution in [0.1, 0.15) is 109 Å². The molecule has 2 N–H and O–H groups in total. The van der Waals surface area contributed by atoms with Crippen molar-refractivity contribution in [3.8, 4) is 11.6 Å². The number of piperidine rings is 1. The van der Waals surface area contributed by atoms with Crippen molar-refractivity contribution in [3.05, 3.63) is 86.9 Å². The first-order valence-electron chi connectivity index (χ1n) is 18.9. The summed E-state index contributed by atoms with van der Waals surface area (Å²) < 4.78 is 12.5. The first kappa shape index (κ1) is 37.5. The Balaban J connectivity index is 0.821. The summed E-state index contributed by atoms with van der Waals surface area (Å²) in [7, 11) is 0. The van der Waals surface area contributed by atoms with Gasteiger partial charge in [-0.25, -0.2) is 4.85 Å². The minimum Gasteiger partial charge on any atom is -0.489 e. The molecule has 56 heavy (non-hydrogen) atoms. The second-order valence-electron chi connectivity index (χ2n) is 16.6. The first-order chi connectivity index (χ1) is 26.6. The third kappa shape index (κ3) is 6.46. The lowest BCUT2D eigenvalue weighted by atomic mass is 9.49. The zero-order valence-corrected chi connectivity index (χ0v) is 32.3. The third-order valence-electron chi connectivity index (χ3n) is 12.2. The van der Waals surface area contributed by atoms with Gasteiger partial charge in [-0.15, -0.1) is 10.2 Å². The van der Waals surface area contributed by atoms with Crippen LogP contribution in [-0.2, 0) is 22.7 Å².